The Morgan fingerprint density at radius 3 is 2.93 bits per heavy atom. The minimum absolute atomic E-state index is 0.178. The molecule has 0 aromatic heterocycles. The summed E-state index contributed by atoms with van der Waals surface area (Å²) in [7, 11) is 1.79. The predicted octanol–water partition coefficient (Wildman–Crippen LogP) is 0.387. The number of hydrogen-bond acceptors (Lipinski definition) is 3. The summed E-state index contributed by atoms with van der Waals surface area (Å²) in [5.74, 6) is 0.611. The summed E-state index contributed by atoms with van der Waals surface area (Å²) in [6, 6.07) is 0.583. The topological polar surface area (TPSA) is 44.3 Å². The highest BCUT2D eigenvalue weighted by Gasteiger charge is 2.30. The van der Waals surface area contributed by atoms with Gasteiger partial charge in [0.05, 0.1) is 0 Å². The summed E-state index contributed by atoms with van der Waals surface area (Å²) in [4.78, 5) is 0. The molecule has 14 heavy (non-hydrogen) atoms. The van der Waals surface area contributed by atoms with E-state index in [-0.39, 0.29) is 6.04 Å². The number of nitrogens with one attached hydrogen (secondary N) is 2. The molecule has 1 heterocycles. The van der Waals surface area contributed by atoms with Crippen LogP contribution in [0.1, 0.15) is 12.8 Å². The maximum atomic E-state index is 9.66. The van der Waals surface area contributed by atoms with E-state index in [4.69, 9.17) is 0 Å². The van der Waals surface area contributed by atoms with Crippen molar-refractivity contribution in [3.8, 4) is 0 Å². The minimum Gasteiger partial charge on any atom is -0.377 e. The van der Waals surface area contributed by atoms with Gasteiger partial charge in [-0.15, -0.1) is 0 Å². The van der Waals surface area contributed by atoms with Crippen molar-refractivity contribution in [2.75, 3.05) is 7.05 Å². The van der Waals surface area contributed by atoms with Gasteiger partial charge in [0.2, 0.25) is 0 Å². The molecule has 0 bridgehead atoms. The number of aliphatic hydroxyl groups excluding tert-OH is 1. The van der Waals surface area contributed by atoms with E-state index in [2.05, 4.69) is 34.9 Å². The third-order valence-corrected chi connectivity index (χ3v) is 3.14. The minimum atomic E-state index is -0.435. The van der Waals surface area contributed by atoms with E-state index in [1.54, 1.807) is 7.05 Å². The van der Waals surface area contributed by atoms with Crippen molar-refractivity contribution in [1.82, 2.24) is 10.6 Å². The molecule has 3 nitrogen and oxygen atoms in total. The smallest absolute Gasteiger partial charge is 0.120 e. The zero-order valence-electron chi connectivity index (χ0n) is 8.48. The van der Waals surface area contributed by atoms with Gasteiger partial charge in [0, 0.05) is 12.1 Å². The molecule has 1 aliphatic heterocycles. The Bertz CT molecular complexity index is 250. The molecular weight excluding hydrogens is 176 g/mol. The number of piperidine rings is 1. The fourth-order valence-corrected chi connectivity index (χ4v) is 2.26. The fraction of sp³-hybridized carbons (Fsp3) is 0.636. The molecule has 2 rings (SSSR count). The summed E-state index contributed by atoms with van der Waals surface area (Å²) in [6.07, 6.45) is 10.4. The largest absolute Gasteiger partial charge is 0.377 e. The number of likely N-dealkylation sites (N-methyl/N-ethyl adjacent to an activating group) is 1. The van der Waals surface area contributed by atoms with Gasteiger partial charge in [0.15, 0.2) is 0 Å². The molecule has 78 valence electrons. The normalized spacial score (nSPS) is 38.0. The van der Waals surface area contributed by atoms with Crippen molar-refractivity contribution in [3.05, 3.63) is 24.3 Å². The lowest BCUT2D eigenvalue weighted by Gasteiger charge is -2.37. The molecule has 3 N–H and O–H groups in total. The highest BCUT2D eigenvalue weighted by Crippen LogP contribution is 2.25. The fourth-order valence-electron chi connectivity index (χ4n) is 2.26. The first-order valence-electron chi connectivity index (χ1n) is 5.27. The van der Waals surface area contributed by atoms with Crippen molar-refractivity contribution in [1.29, 1.82) is 0 Å². The first kappa shape index (κ1) is 9.90. The van der Waals surface area contributed by atoms with Gasteiger partial charge in [-0.3, -0.25) is 5.32 Å². The lowest BCUT2D eigenvalue weighted by atomic mass is 9.84. The molecule has 0 aromatic carbocycles. The van der Waals surface area contributed by atoms with Crippen LogP contribution in [0.2, 0.25) is 0 Å². The quantitative estimate of drug-likeness (QED) is 0.557. The van der Waals surface area contributed by atoms with Crippen LogP contribution in [-0.4, -0.2) is 30.5 Å². The first-order valence-corrected chi connectivity index (χ1v) is 5.27. The van der Waals surface area contributed by atoms with Crippen molar-refractivity contribution in [3.63, 3.8) is 0 Å². The molecule has 0 amide bonds. The van der Waals surface area contributed by atoms with E-state index in [1.165, 1.54) is 0 Å². The highest BCUT2D eigenvalue weighted by atomic mass is 16.3. The second kappa shape index (κ2) is 4.26. The monoisotopic (exact) mass is 194 g/mol. The molecule has 1 fully saturated rings. The SMILES string of the molecule is CNC(O)C1CCC2C=CC=CC2N1. The lowest BCUT2D eigenvalue weighted by molar-refractivity contribution is 0.0765. The molecule has 4 atom stereocenters. The van der Waals surface area contributed by atoms with E-state index in [9.17, 15) is 5.11 Å². The van der Waals surface area contributed by atoms with Gasteiger partial charge in [0.1, 0.15) is 6.23 Å². The lowest BCUT2D eigenvalue weighted by Crippen LogP contribution is -2.55. The molecular formula is C11H18N2O. The van der Waals surface area contributed by atoms with Crippen molar-refractivity contribution in [2.45, 2.75) is 31.2 Å². The van der Waals surface area contributed by atoms with E-state index < -0.39 is 6.23 Å². The molecule has 2 aliphatic rings. The maximum absolute atomic E-state index is 9.66. The summed E-state index contributed by atoms with van der Waals surface area (Å²) in [5.41, 5.74) is 0. The Balaban J connectivity index is 1.97. The Hall–Kier alpha value is -0.640. The van der Waals surface area contributed by atoms with Gasteiger partial charge >= 0.3 is 0 Å². The Morgan fingerprint density at radius 1 is 1.36 bits per heavy atom. The van der Waals surface area contributed by atoms with Gasteiger partial charge in [-0.1, -0.05) is 24.3 Å². The summed E-state index contributed by atoms with van der Waals surface area (Å²) < 4.78 is 0. The molecule has 0 aromatic rings. The van der Waals surface area contributed by atoms with E-state index in [0.717, 1.165) is 12.8 Å². The van der Waals surface area contributed by atoms with Gasteiger partial charge in [-0.25, -0.2) is 0 Å². The van der Waals surface area contributed by atoms with Crippen LogP contribution in [0, 0.1) is 5.92 Å². The molecule has 1 saturated heterocycles. The highest BCUT2D eigenvalue weighted by molar-refractivity contribution is 5.18. The average molecular weight is 194 g/mol. The number of allylic oxidation sites excluding steroid dienone is 2. The van der Waals surface area contributed by atoms with E-state index in [0.29, 0.717) is 12.0 Å². The van der Waals surface area contributed by atoms with E-state index in [1.807, 2.05) is 0 Å². The maximum Gasteiger partial charge on any atom is 0.120 e. The number of fused-ring (bicyclic) bond motifs is 1. The predicted molar refractivity (Wildman–Crippen MR) is 56.8 cm³/mol. The van der Waals surface area contributed by atoms with Crippen LogP contribution in [0.15, 0.2) is 24.3 Å². The molecule has 0 radical (unpaired) electrons. The first-order chi connectivity index (χ1) is 6.81. The van der Waals surface area contributed by atoms with Gasteiger partial charge in [-0.05, 0) is 25.8 Å². The van der Waals surface area contributed by atoms with Gasteiger partial charge < -0.3 is 10.4 Å². The van der Waals surface area contributed by atoms with Crippen LogP contribution in [0.5, 0.6) is 0 Å². The number of aliphatic hydroxyl groups is 1. The second-order valence-corrected chi connectivity index (χ2v) is 4.04. The third-order valence-electron chi connectivity index (χ3n) is 3.14. The van der Waals surface area contributed by atoms with Crippen molar-refractivity contribution < 1.29 is 5.11 Å². The zero-order chi connectivity index (χ0) is 9.97. The molecule has 0 spiro atoms. The Labute approximate surface area is 84.9 Å². The summed E-state index contributed by atoms with van der Waals surface area (Å²) in [5, 5.41) is 16.0. The van der Waals surface area contributed by atoms with Crippen LogP contribution in [0.4, 0.5) is 0 Å². The zero-order valence-corrected chi connectivity index (χ0v) is 8.48. The Morgan fingerprint density at radius 2 is 2.14 bits per heavy atom. The number of rotatable bonds is 2. The van der Waals surface area contributed by atoms with Crippen molar-refractivity contribution >= 4 is 0 Å². The van der Waals surface area contributed by atoms with Crippen molar-refractivity contribution in [2.24, 2.45) is 5.92 Å². The number of hydrogen-bond donors (Lipinski definition) is 3. The van der Waals surface area contributed by atoms with Crippen LogP contribution >= 0.6 is 0 Å². The molecule has 3 heteroatoms. The van der Waals surface area contributed by atoms with Crippen LogP contribution in [-0.2, 0) is 0 Å². The summed E-state index contributed by atoms with van der Waals surface area (Å²) in [6.45, 7) is 0. The van der Waals surface area contributed by atoms with Gasteiger partial charge in [0.25, 0.3) is 0 Å². The van der Waals surface area contributed by atoms with Crippen LogP contribution < -0.4 is 10.6 Å². The standard InChI is InChI=1S/C11H18N2O/c1-12-11(14)10-7-6-8-4-2-3-5-9(8)13-10/h2-5,8-14H,6-7H2,1H3. The third kappa shape index (κ3) is 1.90. The van der Waals surface area contributed by atoms with Crippen LogP contribution in [0.3, 0.4) is 0 Å². The molecule has 4 unspecified atom stereocenters. The summed E-state index contributed by atoms with van der Waals surface area (Å²) >= 11 is 0. The molecule has 0 saturated carbocycles. The van der Waals surface area contributed by atoms with E-state index >= 15 is 0 Å². The van der Waals surface area contributed by atoms with Crippen LogP contribution in [0.25, 0.3) is 0 Å². The molecule has 1 aliphatic carbocycles. The average Bonchev–Trinajstić information content (AvgIpc) is 2.27. The Kier molecular flexibility index (Phi) is 3.01. The van der Waals surface area contributed by atoms with Gasteiger partial charge in [-0.2, -0.15) is 0 Å². The second-order valence-electron chi connectivity index (χ2n) is 4.04.